The van der Waals surface area contributed by atoms with Crippen LogP contribution in [0.15, 0.2) is 42.6 Å². The zero-order valence-corrected chi connectivity index (χ0v) is 16.7. The number of benzene rings is 1. The Labute approximate surface area is 171 Å². The first-order valence-corrected chi connectivity index (χ1v) is 10.5. The number of rotatable bonds is 2. The number of amides is 1. The highest BCUT2D eigenvalue weighted by molar-refractivity contribution is 5.76. The minimum absolute atomic E-state index is 0.182. The quantitative estimate of drug-likeness (QED) is 0.762. The number of aromatic nitrogens is 1. The number of fused-ring (bicyclic) bond motifs is 2. The molecule has 1 amide bonds. The van der Waals surface area contributed by atoms with Gasteiger partial charge in [-0.2, -0.15) is 0 Å². The van der Waals surface area contributed by atoms with Crippen molar-refractivity contribution in [3.8, 4) is 17.4 Å². The van der Waals surface area contributed by atoms with Crippen LogP contribution in [0, 0.1) is 5.92 Å². The highest BCUT2D eigenvalue weighted by Crippen LogP contribution is 2.33. The first-order chi connectivity index (χ1) is 14.3. The van der Waals surface area contributed by atoms with Crippen molar-refractivity contribution in [3.05, 3.63) is 48.2 Å². The highest BCUT2D eigenvalue weighted by atomic mass is 16.5. The van der Waals surface area contributed by atoms with Gasteiger partial charge in [-0.05, 0) is 37.0 Å². The van der Waals surface area contributed by atoms with Crippen LogP contribution < -0.4 is 9.47 Å². The van der Waals surface area contributed by atoms with Gasteiger partial charge in [0.1, 0.15) is 6.61 Å². The molecule has 0 saturated heterocycles. The highest BCUT2D eigenvalue weighted by Gasteiger charge is 2.23. The topological polar surface area (TPSA) is 60.9 Å². The Morgan fingerprint density at radius 3 is 2.72 bits per heavy atom. The maximum Gasteiger partial charge on any atom is 0.224 e. The number of carbonyl (C=O) groups excluding carboxylic acids is 1. The fraction of sp³-hybridized carbons (Fsp3) is 0.478. The molecule has 1 fully saturated rings. The number of hydrogen-bond donors (Lipinski definition) is 0. The lowest BCUT2D eigenvalue weighted by molar-refractivity contribution is -0.133. The summed E-state index contributed by atoms with van der Waals surface area (Å²) in [5.41, 5.74) is 0.876. The molecular formula is C23H28N2O4. The Morgan fingerprint density at radius 2 is 1.86 bits per heavy atom. The van der Waals surface area contributed by atoms with Crippen molar-refractivity contribution in [2.75, 3.05) is 26.4 Å². The molecule has 2 heterocycles. The first-order valence-electron chi connectivity index (χ1n) is 10.5. The van der Waals surface area contributed by atoms with Crippen molar-refractivity contribution < 1.29 is 19.0 Å². The minimum Gasteiger partial charge on any atom is -0.487 e. The number of pyridine rings is 1. The van der Waals surface area contributed by atoms with Crippen molar-refractivity contribution >= 4 is 5.91 Å². The van der Waals surface area contributed by atoms with E-state index in [1.54, 1.807) is 6.20 Å². The largest absolute Gasteiger partial charge is 0.487 e. The summed E-state index contributed by atoms with van der Waals surface area (Å²) in [5, 5.41) is 0. The van der Waals surface area contributed by atoms with E-state index in [0.717, 1.165) is 18.4 Å². The second kappa shape index (κ2) is 9.74. The average Bonchev–Trinajstić information content (AvgIpc) is 3.24. The molecular weight excluding hydrogens is 368 g/mol. The van der Waals surface area contributed by atoms with Crippen LogP contribution in [0.1, 0.15) is 37.7 Å². The lowest BCUT2D eigenvalue weighted by Gasteiger charge is -2.25. The Bertz CT molecular complexity index is 820. The van der Waals surface area contributed by atoms with Crippen LogP contribution >= 0.6 is 0 Å². The van der Waals surface area contributed by atoms with Crippen LogP contribution in [-0.2, 0) is 16.1 Å². The van der Waals surface area contributed by atoms with E-state index in [0.29, 0.717) is 62.6 Å². The molecule has 0 N–H and O–H groups in total. The molecule has 1 saturated carbocycles. The molecule has 0 unspecified atom stereocenters. The van der Waals surface area contributed by atoms with E-state index >= 15 is 0 Å². The van der Waals surface area contributed by atoms with Crippen LogP contribution in [0.5, 0.6) is 17.4 Å². The van der Waals surface area contributed by atoms with Gasteiger partial charge in [-0.15, -0.1) is 0 Å². The van der Waals surface area contributed by atoms with Crippen LogP contribution in [0.25, 0.3) is 0 Å². The van der Waals surface area contributed by atoms with Crippen LogP contribution in [0.4, 0.5) is 0 Å². The number of nitrogens with zero attached hydrogens (tertiary/aromatic N) is 2. The van der Waals surface area contributed by atoms with Gasteiger partial charge < -0.3 is 19.1 Å². The van der Waals surface area contributed by atoms with Gasteiger partial charge in [0.25, 0.3) is 0 Å². The van der Waals surface area contributed by atoms with E-state index in [4.69, 9.17) is 14.2 Å². The summed E-state index contributed by atoms with van der Waals surface area (Å²) in [5.74, 6) is 2.46. The van der Waals surface area contributed by atoms with E-state index in [1.807, 2.05) is 41.3 Å². The van der Waals surface area contributed by atoms with Gasteiger partial charge in [-0.25, -0.2) is 4.98 Å². The van der Waals surface area contributed by atoms with Gasteiger partial charge in [0.15, 0.2) is 11.5 Å². The van der Waals surface area contributed by atoms with Gasteiger partial charge in [0.2, 0.25) is 11.8 Å². The molecule has 0 atom stereocenters. The summed E-state index contributed by atoms with van der Waals surface area (Å²) in [6.45, 7) is 2.38. The zero-order chi connectivity index (χ0) is 19.9. The third-order valence-corrected chi connectivity index (χ3v) is 5.55. The molecule has 1 aromatic carbocycles. The van der Waals surface area contributed by atoms with Gasteiger partial charge in [-0.3, -0.25) is 4.79 Å². The fourth-order valence-electron chi connectivity index (χ4n) is 3.97. The molecule has 154 valence electrons. The normalized spacial score (nSPS) is 18.3. The van der Waals surface area contributed by atoms with Crippen LogP contribution in [-0.4, -0.2) is 42.2 Å². The van der Waals surface area contributed by atoms with Crippen molar-refractivity contribution in [3.63, 3.8) is 0 Å². The summed E-state index contributed by atoms with van der Waals surface area (Å²) in [6, 6.07) is 11.4. The molecule has 6 heteroatoms. The Kier molecular flexibility index (Phi) is 6.62. The SMILES string of the molecule is O=C(CC1CCCC1)N1CCOCCOc2ccccc2Oc2ncccc2C1. The Morgan fingerprint density at radius 1 is 1.03 bits per heavy atom. The van der Waals surface area contributed by atoms with Crippen molar-refractivity contribution in [2.45, 2.75) is 38.6 Å². The zero-order valence-electron chi connectivity index (χ0n) is 16.7. The maximum atomic E-state index is 13.0. The fourth-order valence-corrected chi connectivity index (χ4v) is 3.97. The molecule has 2 aliphatic rings. The van der Waals surface area contributed by atoms with Gasteiger partial charge in [-0.1, -0.05) is 31.0 Å². The summed E-state index contributed by atoms with van der Waals surface area (Å²) >= 11 is 0. The molecule has 2 aromatic rings. The third-order valence-electron chi connectivity index (χ3n) is 5.55. The molecule has 0 spiro atoms. The lowest BCUT2D eigenvalue weighted by atomic mass is 10.0. The molecule has 4 rings (SSSR count). The molecule has 0 bridgehead atoms. The van der Waals surface area contributed by atoms with Crippen LogP contribution in [0.3, 0.4) is 0 Å². The van der Waals surface area contributed by atoms with Crippen molar-refractivity contribution in [1.29, 1.82) is 0 Å². The predicted molar refractivity (Wildman–Crippen MR) is 109 cm³/mol. The molecule has 1 aromatic heterocycles. The summed E-state index contributed by atoms with van der Waals surface area (Å²) in [7, 11) is 0. The number of carbonyl (C=O) groups is 1. The second-order valence-electron chi connectivity index (χ2n) is 7.65. The second-order valence-corrected chi connectivity index (χ2v) is 7.65. The number of hydrogen-bond acceptors (Lipinski definition) is 5. The predicted octanol–water partition coefficient (Wildman–Crippen LogP) is 4.19. The summed E-state index contributed by atoms with van der Waals surface area (Å²) in [4.78, 5) is 19.3. The number of ether oxygens (including phenoxy) is 3. The van der Waals surface area contributed by atoms with Gasteiger partial charge in [0, 0.05) is 24.7 Å². The molecule has 1 aliphatic heterocycles. The van der Waals surface area contributed by atoms with Gasteiger partial charge >= 0.3 is 0 Å². The summed E-state index contributed by atoms with van der Waals surface area (Å²) < 4.78 is 17.6. The van der Waals surface area contributed by atoms with Gasteiger partial charge in [0.05, 0.1) is 19.8 Å². The average molecular weight is 396 g/mol. The van der Waals surface area contributed by atoms with E-state index < -0.39 is 0 Å². The smallest absolute Gasteiger partial charge is 0.224 e. The molecule has 0 radical (unpaired) electrons. The monoisotopic (exact) mass is 396 g/mol. The molecule has 6 nitrogen and oxygen atoms in total. The minimum atomic E-state index is 0.182. The van der Waals surface area contributed by atoms with E-state index in [1.165, 1.54) is 12.8 Å². The standard InChI is InChI=1S/C23H28N2O4/c26-22(16-18-6-1-2-7-18)25-12-13-27-14-15-28-20-9-3-4-10-21(20)29-23-19(17-25)8-5-11-24-23/h3-5,8-11,18H,1-2,6-7,12-17H2. The molecule has 29 heavy (non-hydrogen) atoms. The van der Waals surface area contributed by atoms with Crippen LogP contribution in [0.2, 0.25) is 0 Å². The Hall–Kier alpha value is -2.60. The maximum absolute atomic E-state index is 13.0. The van der Waals surface area contributed by atoms with Crippen molar-refractivity contribution in [1.82, 2.24) is 9.88 Å². The number of para-hydroxylation sites is 2. The lowest BCUT2D eigenvalue weighted by Crippen LogP contribution is -2.34. The van der Waals surface area contributed by atoms with E-state index in [-0.39, 0.29) is 5.91 Å². The van der Waals surface area contributed by atoms with E-state index in [9.17, 15) is 4.79 Å². The Balaban J connectivity index is 1.57. The first kappa shape index (κ1) is 19.7. The van der Waals surface area contributed by atoms with E-state index in [2.05, 4.69) is 4.98 Å². The van der Waals surface area contributed by atoms with Crippen molar-refractivity contribution in [2.24, 2.45) is 5.92 Å². The summed E-state index contributed by atoms with van der Waals surface area (Å²) in [6.07, 6.45) is 7.11. The third kappa shape index (κ3) is 5.26. The molecule has 1 aliphatic carbocycles.